The minimum absolute atomic E-state index is 0.0719. The summed E-state index contributed by atoms with van der Waals surface area (Å²) in [5, 5.41) is 3.80. The van der Waals surface area contributed by atoms with Crippen molar-refractivity contribution >= 4 is 16.8 Å². The Morgan fingerprint density at radius 1 is 1.30 bits per heavy atom. The lowest BCUT2D eigenvalue weighted by molar-refractivity contribution is 0.0948. The second-order valence-electron chi connectivity index (χ2n) is 5.48. The molecule has 3 aromatic rings. The molecule has 0 saturated carbocycles. The summed E-state index contributed by atoms with van der Waals surface area (Å²) >= 11 is 0. The molecule has 0 radical (unpaired) electrons. The number of nitrogens with zero attached hydrogens (tertiary/aromatic N) is 2. The molecule has 0 fully saturated rings. The van der Waals surface area contributed by atoms with Crippen LogP contribution in [0.1, 0.15) is 21.7 Å². The van der Waals surface area contributed by atoms with Gasteiger partial charge in [-0.3, -0.25) is 14.2 Å². The highest BCUT2D eigenvalue weighted by Crippen LogP contribution is 2.14. The van der Waals surface area contributed by atoms with Gasteiger partial charge in [0, 0.05) is 35.2 Å². The number of hydrogen-bond acceptors (Lipinski definition) is 3. The van der Waals surface area contributed by atoms with E-state index in [2.05, 4.69) is 15.3 Å². The Hall–Kier alpha value is -2.89. The van der Waals surface area contributed by atoms with Crippen molar-refractivity contribution in [1.29, 1.82) is 0 Å². The van der Waals surface area contributed by atoms with Crippen LogP contribution < -0.4 is 10.9 Å². The van der Waals surface area contributed by atoms with E-state index in [9.17, 15) is 9.59 Å². The van der Waals surface area contributed by atoms with Gasteiger partial charge in [0.25, 0.3) is 11.5 Å². The van der Waals surface area contributed by atoms with Crippen molar-refractivity contribution in [2.45, 2.75) is 20.4 Å². The molecule has 1 aromatic carbocycles. The molecule has 0 spiro atoms. The summed E-state index contributed by atoms with van der Waals surface area (Å²) in [5.41, 5.74) is 2.73. The lowest BCUT2D eigenvalue weighted by atomic mass is 10.2. The van der Waals surface area contributed by atoms with Crippen LogP contribution in [0.4, 0.5) is 0 Å². The van der Waals surface area contributed by atoms with Gasteiger partial charge in [0.05, 0.1) is 6.33 Å². The van der Waals surface area contributed by atoms with Crippen LogP contribution in [-0.4, -0.2) is 27.0 Å². The van der Waals surface area contributed by atoms with Crippen molar-refractivity contribution in [3.63, 3.8) is 0 Å². The predicted molar refractivity (Wildman–Crippen MR) is 88.6 cm³/mol. The highest BCUT2D eigenvalue weighted by molar-refractivity contribution is 5.97. The van der Waals surface area contributed by atoms with E-state index in [0.717, 1.165) is 16.6 Å². The third-order valence-corrected chi connectivity index (χ3v) is 3.93. The van der Waals surface area contributed by atoms with Gasteiger partial charge in [0.1, 0.15) is 5.69 Å². The van der Waals surface area contributed by atoms with Gasteiger partial charge >= 0.3 is 0 Å². The number of benzene rings is 1. The minimum Gasteiger partial charge on any atom is -0.351 e. The second-order valence-corrected chi connectivity index (χ2v) is 5.48. The van der Waals surface area contributed by atoms with Crippen LogP contribution >= 0.6 is 0 Å². The fourth-order valence-electron chi connectivity index (χ4n) is 2.42. The average molecular weight is 310 g/mol. The molecular weight excluding hydrogens is 292 g/mol. The van der Waals surface area contributed by atoms with E-state index in [1.165, 1.54) is 10.9 Å². The summed E-state index contributed by atoms with van der Waals surface area (Å²) in [7, 11) is 0. The smallest absolute Gasteiger partial charge is 0.267 e. The summed E-state index contributed by atoms with van der Waals surface area (Å²) in [6.07, 6.45) is 1.51. The van der Waals surface area contributed by atoms with E-state index in [-0.39, 0.29) is 11.5 Å². The van der Waals surface area contributed by atoms with Gasteiger partial charge in [-0.05, 0) is 26.0 Å². The van der Waals surface area contributed by atoms with E-state index >= 15 is 0 Å². The Balaban J connectivity index is 1.65. The average Bonchev–Trinajstić information content (AvgIpc) is 2.99. The summed E-state index contributed by atoms with van der Waals surface area (Å²) in [4.78, 5) is 31.5. The number of para-hydroxylation sites is 1. The maximum Gasteiger partial charge on any atom is 0.267 e. The van der Waals surface area contributed by atoms with Crippen LogP contribution in [-0.2, 0) is 6.54 Å². The third kappa shape index (κ3) is 3.01. The largest absolute Gasteiger partial charge is 0.351 e. The van der Waals surface area contributed by atoms with Crippen molar-refractivity contribution in [1.82, 2.24) is 19.9 Å². The number of nitrogens with one attached hydrogen (secondary N) is 2. The number of carbonyl (C=O) groups is 1. The first-order chi connectivity index (χ1) is 11.1. The van der Waals surface area contributed by atoms with Gasteiger partial charge in [0.2, 0.25) is 0 Å². The Bertz CT molecular complexity index is 891. The van der Waals surface area contributed by atoms with Crippen LogP contribution in [0.15, 0.2) is 41.5 Å². The van der Waals surface area contributed by atoms with Gasteiger partial charge in [-0.15, -0.1) is 0 Å². The number of hydrogen-bond donors (Lipinski definition) is 2. The fourth-order valence-corrected chi connectivity index (χ4v) is 2.42. The van der Waals surface area contributed by atoms with Gasteiger partial charge in [0.15, 0.2) is 0 Å². The highest BCUT2D eigenvalue weighted by atomic mass is 16.2. The molecule has 2 aromatic heterocycles. The van der Waals surface area contributed by atoms with Crippen molar-refractivity contribution < 1.29 is 4.79 Å². The maximum atomic E-state index is 12.2. The molecule has 1 amide bonds. The molecule has 2 heterocycles. The fraction of sp³-hybridized carbons (Fsp3) is 0.235. The van der Waals surface area contributed by atoms with Gasteiger partial charge in [-0.25, -0.2) is 4.98 Å². The van der Waals surface area contributed by atoms with E-state index in [1.54, 1.807) is 13.8 Å². The van der Waals surface area contributed by atoms with E-state index in [4.69, 9.17) is 0 Å². The van der Waals surface area contributed by atoms with Gasteiger partial charge < -0.3 is 10.3 Å². The number of aromatic nitrogens is 3. The second kappa shape index (κ2) is 6.08. The van der Waals surface area contributed by atoms with E-state index in [1.807, 2.05) is 30.3 Å². The molecule has 0 bridgehead atoms. The Morgan fingerprint density at radius 3 is 2.87 bits per heavy atom. The van der Waals surface area contributed by atoms with Crippen LogP contribution in [0.5, 0.6) is 0 Å². The summed E-state index contributed by atoms with van der Waals surface area (Å²) in [6.45, 7) is 4.31. The summed E-state index contributed by atoms with van der Waals surface area (Å²) in [6, 6.07) is 9.53. The van der Waals surface area contributed by atoms with Crippen LogP contribution in [0.3, 0.4) is 0 Å². The number of fused-ring (bicyclic) bond motifs is 1. The van der Waals surface area contributed by atoms with Crippen molar-refractivity contribution in [2.24, 2.45) is 0 Å². The molecule has 0 aliphatic heterocycles. The number of amides is 1. The molecule has 6 nitrogen and oxygen atoms in total. The zero-order valence-electron chi connectivity index (χ0n) is 13.1. The third-order valence-electron chi connectivity index (χ3n) is 3.93. The normalized spacial score (nSPS) is 10.9. The van der Waals surface area contributed by atoms with E-state index < -0.39 is 0 Å². The van der Waals surface area contributed by atoms with Crippen LogP contribution in [0, 0.1) is 13.8 Å². The molecular formula is C17H18N4O2. The van der Waals surface area contributed by atoms with Gasteiger partial charge in [-0.1, -0.05) is 18.2 Å². The van der Waals surface area contributed by atoms with Gasteiger partial charge in [-0.2, -0.15) is 0 Å². The number of aryl methyl sites for hydroxylation is 1. The molecule has 0 unspecified atom stereocenters. The summed E-state index contributed by atoms with van der Waals surface area (Å²) in [5.74, 6) is -0.189. The molecule has 3 rings (SSSR count). The van der Waals surface area contributed by atoms with Crippen molar-refractivity contribution in [2.75, 3.05) is 6.54 Å². The quantitative estimate of drug-likeness (QED) is 0.771. The molecule has 0 saturated heterocycles. The molecule has 118 valence electrons. The molecule has 23 heavy (non-hydrogen) atoms. The zero-order chi connectivity index (χ0) is 16.4. The Kier molecular flexibility index (Phi) is 3.97. The Morgan fingerprint density at radius 2 is 2.09 bits per heavy atom. The first-order valence-electron chi connectivity index (χ1n) is 7.45. The monoisotopic (exact) mass is 310 g/mol. The number of rotatable bonds is 4. The first kappa shape index (κ1) is 15.0. The summed E-state index contributed by atoms with van der Waals surface area (Å²) < 4.78 is 1.51. The van der Waals surface area contributed by atoms with E-state index in [0.29, 0.717) is 24.3 Å². The Labute approximate surface area is 133 Å². The predicted octanol–water partition coefficient (Wildman–Crippen LogP) is 1.77. The lowest BCUT2D eigenvalue weighted by Crippen LogP contribution is -2.32. The number of carbonyl (C=O) groups excluding carboxylic acids is 1. The van der Waals surface area contributed by atoms with Crippen molar-refractivity contribution in [3.8, 4) is 0 Å². The number of aromatic amines is 1. The SMILES string of the molecule is Cc1ncn(CCNC(=O)c2cc3ccccc3[nH]2)c(=O)c1C. The standard InChI is InChI=1S/C17H18N4O2/c1-11-12(2)19-10-21(17(11)23)8-7-18-16(22)15-9-13-5-3-4-6-14(13)20-15/h3-6,9-10,20H,7-8H2,1-2H3,(H,18,22). The van der Waals surface area contributed by atoms with Crippen molar-refractivity contribution in [3.05, 3.63) is 64.0 Å². The minimum atomic E-state index is -0.189. The zero-order valence-corrected chi connectivity index (χ0v) is 13.1. The molecule has 2 N–H and O–H groups in total. The first-order valence-corrected chi connectivity index (χ1v) is 7.45. The van der Waals surface area contributed by atoms with Crippen LogP contribution in [0.25, 0.3) is 10.9 Å². The molecule has 0 atom stereocenters. The van der Waals surface area contributed by atoms with Crippen LogP contribution in [0.2, 0.25) is 0 Å². The lowest BCUT2D eigenvalue weighted by Gasteiger charge is -2.08. The molecule has 6 heteroatoms. The highest BCUT2D eigenvalue weighted by Gasteiger charge is 2.09. The number of H-pyrrole nitrogens is 1. The molecule has 0 aliphatic carbocycles. The topological polar surface area (TPSA) is 79.8 Å². The molecule has 0 aliphatic rings. The maximum absolute atomic E-state index is 12.2.